The fourth-order valence-electron chi connectivity index (χ4n) is 3.00. The van der Waals surface area contributed by atoms with E-state index >= 15 is 0 Å². The van der Waals surface area contributed by atoms with Crippen LogP contribution in [0.25, 0.3) is 5.65 Å². The minimum atomic E-state index is 0.263. The Balaban J connectivity index is 2.03. The van der Waals surface area contributed by atoms with E-state index in [4.69, 9.17) is 11.6 Å². The highest BCUT2D eigenvalue weighted by molar-refractivity contribution is 6.04. The third-order valence-electron chi connectivity index (χ3n) is 4.28. The maximum Gasteiger partial charge on any atom is 0.177 e. The molecule has 2 atom stereocenters. The second-order valence-electron chi connectivity index (χ2n) is 5.66. The summed E-state index contributed by atoms with van der Waals surface area (Å²) < 4.78 is 1.73. The molecule has 0 bridgehead atoms. The van der Waals surface area contributed by atoms with Crippen LogP contribution < -0.4 is 16.9 Å². The zero-order valence-corrected chi connectivity index (χ0v) is 12.2. The van der Waals surface area contributed by atoms with Gasteiger partial charge >= 0.3 is 0 Å². The molecular formula is C14H21N7. The molecule has 3 rings (SSSR count). The van der Waals surface area contributed by atoms with Crippen molar-refractivity contribution in [2.75, 3.05) is 5.32 Å². The molecule has 2 aromatic heterocycles. The highest BCUT2D eigenvalue weighted by Crippen LogP contribution is 2.29. The number of fused-ring (bicyclic) bond motifs is 1. The first-order chi connectivity index (χ1) is 10.2. The van der Waals surface area contributed by atoms with Gasteiger partial charge < -0.3 is 16.9 Å². The molecule has 7 nitrogen and oxygen atoms in total. The molecule has 0 aromatic carbocycles. The summed E-state index contributed by atoms with van der Waals surface area (Å²) >= 11 is 0. The molecule has 0 spiro atoms. The Morgan fingerprint density at radius 1 is 1.43 bits per heavy atom. The summed E-state index contributed by atoms with van der Waals surface area (Å²) in [7, 11) is 0. The monoisotopic (exact) mass is 287 g/mol. The first-order valence-electron chi connectivity index (χ1n) is 7.33. The summed E-state index contributed by atoms with van der Waals surface area (Å²) in [6.07, 6.45) is 10.1. The van der Waals surface area contributed by atoms with Crippen molar-refractivity contribution in [3.05, 3.63) is 24.2 Å². The highest BCUT2D eigenvalue weighted by atomic mass is 15.3. The minimum Gasteiger partial charge on any atom is -0.382 e. The topological polar surface area (TPSA) is 107 Å². The molecule has 1 aliphatic rings. The predicted octanol–water partition coefficient (Wildman–Crippen LogP) is 1.30. The van der Waals surface area contributed by atoms with Crippen molar-refractivity contribution in [3.8, 4) is 0 Å². The fraction of sp³-hybridized carbons (Fsp3) is 0.500. The molecule has 7 heteroatoms. The Kier molecular flexibility index (Phi) is 3.64. The number of nitrogens with zero attached hydrogens (tertiary/aromatic N) is 4. The molecule has 0 amide bonds. The summed E-state index contributed by atoms with van der Waals surface area (Å²) in [4.78, 5) is 4.37. The number of nitrogens with one attached hydrogen (secondary N) is 1. The van der Waals surface area contributed by atoms with Gasteiger partial charge in [-0.25, -0.2) is 9.50 Å². The van der Waals surface area contributed by atoms with Gasteiger partial charge in [-0.2, -0.15) is 10.2 Å². The number of imidazole rings is 1. The van der Waals surface area contributed by atoms with Crippen LogP contribution >= 0.6 is 0 Å². The first kappa shape index (κ1) is 13.7. The van der Waals surface area contributed by atoms with Gasteiger partial charge in [-0.15, -0.1) is 0 Å². The average molecular weight is 287 g/mol. The summed E-state index contributed by atoms with van der Waals surface area (Å²) in [5, 5.41) is 11.5. The van der Waals surface area contributed by atoms with Gasteiger partial charge in [0.05, 0.1) is 17.4 Å². The van der Waals surface area contributed by atoms with E-state index in [-0.39, 0.29) is 5.84 Å². The number of hydrogen-bond acceptors (Lipinski definition) is 5. The number of aromatic nitrogens is 3. The molecule has 1 saturated carbocycles. The van der Waals surface area contributed by atoms with E-state index in [1.807, 2.05) is 6.20 Å². The van der Waals surface area contributed by atoms with Gasteiger partial charge in [-0.3, -0.25) is 0 Å². The van der Waals surface area contributed by atoms with Gasteiger partial charge in [0.1, 0.15) is 0 Å². The van der Waals surface area contributed by atoms with Crippen molar-refractivity contribution < 1.29 is 0 Å². The third kappa shape index (κ3) is 2.51. The molecule has 5 N–H and O–H groups in total. The van der Waals surface area contributed by atoms with Gasteiger partial charge in [0, 0.05) is 18.4 Å². The largest absolute Gasteiger partial charge is 0.382 e. The van der Waals surface area contributed by atoms with Gasteiger partial charge in [0.2, 0.25) is 0 Å². The van der Waals surface area contributed by atoms with Crippen LogP contribution in [0, 0.1) is 5.92 Å². The lowest BCUT2D eigenvalue weighted by Crippen LogP contribution is -2.32. The zero-order chi connectivity index (χ0) is 14.8. The Bertz CT molecular complexity index is 660. The number of nitrogens with two attached hydrogens (primary N) is 2. The zero-order valence-electron chi connectivity index (χ0n) is 12.2. The number of hydrogen-bond donors (Lipinski definition) is 3. The summed E-state index contributed by atoms with van der Waals surface area (Å²) in [6.45, 7) is 2.28. The Morgan fingerprint density at radius 2 is 2.24 bits per heavy atom. The van der Waals surface area contributed by atoms with E-state index in [0.29, 0.717) is 17.5 Å². The standard InChI is InChI=1S/C14H21N7/c1-9-4-2-3-5-11(9)19-12-10(13(15)20-16)8-18-21-7-6-17-14(12)21/h6-9,11,19H,2-5,16H2,1H3,(H2,15,20). The predicted molar refractivity (Wildman–Crippen MR) is 82.9 cm³/mol. The van der Waals surface area contributed by atoms with Gasteiger partial charge in [-0.05, 0) is 18.8 Å². The lowest BCUT2D eigenvalue weighted by atomic mass is 9.85. The number of hydrazone groups is 1. The van der Waals surface area contributed by atoms with Crippen LogP contribution in [0.1, 0.15) is 38.2 Å². The maximum atomic E-state index is 5.90. The van der Waals surface area contributed by atoms with Crippen LogP contribution in [0.3, 0.4) is 0 Å². The molecule has 112 valence electrons. The van der Waals surface area contributed by atoms with Crippen LogP contribution in [0.4, 0.5) is 5.69 Å². The van der Waals surface area contributed by atoms with Crippen LogP contribution in [-0.2, 0) is 0 Å². The second kappa shape index (κ2) is 5.59. The van der Waals surface area contributed by atoms with Crippen molar-refractivity contribution in [3.63, 3.8) is 0 Å². The summed E-state index contributed by atoms with van der Waals surface area (Å²) in [5.41, 5.74) is 8.21. The molecule has 0 saturated heterocycles. The van der Waals surface area contributed by atoms with E-state index in [0.717, 1.165) is 17.8 Å². The quantitative estimate of drug-likeness (QED) is 0.341. The first-order valence-corrected chi connectivity index (χ1v) is 7.33. The molecule has 0 aliphatic heterocycles. The molecule has 2 unspecified atom stereocenters. The summed E-state index contributed by atoms with van der Waals surface area (Å²) in [5.74, 6) is 6.21. The smallest absolute Gasteiger partial charge is 0.177 e. The summed E-state index contributed by atoms with van der Waals surface area (Å²) in [6, 6.07) is 0.408. The average Bonchev–Trinajstić information content (AvgIpc) is 2.98. The van der Waals surface area contributed by atoms with E-state index in [1.165, 1.54) is 19.3 Å². The lowest BCUT2D eigenvalue weighted by Gasteiger charge is -2.31. The van der Waals surface area contributed by atoms with E-state index in [2.05, 4.69) is 27.4 Å². The van der Waals surface area contributed by atoms with E-state index < -0.39 is 0 Å². The van der Waals surface area contributed by atoms with Crippen molar-refractivity contribution in [1.29, 1.82) is 0 Å². The molecule has 0 radical (unpaired) electrons. The Hall–Kier alpha value is -2.31. The normalized spacial score (nSPS) is 23.4. The van der Waals surface area contributed by atoms with Crippen LogP contribution in [0.5, 0.6) is 0 Å². The molecule has 1 aliphatic carbocycles. The lowest BCUT2D eigenvalue weighted by molar-refractivity contribution is 0.349. The number of anilines is 1. The number of rotatable bonds is 3. The molecule has 1 fully saturated rings. The Labute approximate surface area is 123 Å². The van der Waals surface area contributed by atoms with Crippen molar-refractivity contribution in [1.82, 2.24) is 14.6 Å². The molecule has 21 heavy (non-hydrogen) atoms. The second-order valence-corrected chi connectivity index (χ2v) is 5.66. The van der Waals surface area contributed by atoms with Crippen LogP contribution in [0.15, 0.2) is 23.7 Å². The van der Waals surface area contributed by atoms with Crippen molar-refractivity contribution in [2.24, 2.45) is 22.6 Å². The van der Waals surface area contributed by atoms with Crippen molar-refractivity contribution >= 4 is 17.2 Å². The van der Waals surface area contributed by atoms with Gasteiger partial charge in [0.25, 0.3) is 0 Å². The fourth-order valence-corrected chi connectivity index (χ4v) is 3.00. The maximum absolute atomic E-state index is 5.90. The van der Waals surface area contributed by atoms with Gasteiger partial charge in [0.15, 0.2) is 11.5 Å². The molecule has 2 aromatic rings. The highest BCUT2D eigenvalue weighted by Gasteiger charge is 2.24. The van der Waals surface area contributed by atoms with E-state index in [9.17, 15) is 0 Å². The van der Waals surface area contributed by atoms with E-state index in [1.54, 1.807) is 16.9 Å². The molecular weight excluding hydrogens is 266 g/mol. The van der Waals surface area contributed by atoms with Gasteiger partial charge in [-0.1, -0.05) is 19.8 Å². The minimum absolute atomic E-state index is 0.263. The third-order valence-corrected chi connectivity index (χ3v) is 4.28. The molecule has 2 heterocycles. The number of amidine groups is 1. The Morgan fingerprint density at radius 3 is 3.00 bits per heavy atom. The van der Waals surface area contributed by atoms with Crippen LogP contribution in [-0.4, -0.2) is 26.5 Å². The van der Waals surface area contributed by atoms with Crippen molar-refractivity contribution in [2.45, 2.75) is 38.6 Å². The SMILES string of the molecule is CC1CCCCC1Nc1c(/C(N)=N/N)cnn2ccnc12. The van der Waals surface area contributed by atoms with Crippen LogP contribution in [0.2, 0.25) is 0 Å².